The Morgan fingerprint density at radius 2 is 1.92 bits per heavy atom. The molecular formula is C16H14ClFN4O2S. The van der Waals surface area contributed by atoms with Crippen LogP contribution in [0.3, 0.4) is 0 Å². The zero-order valence-corrected chi connectivity index (χ0v) is 14.5. The van der Waals surface area contributed by atoms with E-state index < -0.39 is 26.8 Å². The molecule has 0 fully saturated rings. The smallest absolute Gasteiger partial charge is 0.244 e. The fourth-order valence-electron chi connectivity index (χ4n) is 2.35. The molecule has 0 saturated carbocycles. The first-order valence-corrected chi connectivity index (χ1v) is 9.17. The number of nitrogens with one attached hydrogen (secondary N) is 1. The van der Waals surface area contributed by atoms with Gasteiger partial charge in [0.05, 0.1) is 17.6 Å². The molecule has 0 spiro atoms. The minimum absolute atomic E-state index is 0.200. The van der Waals surface area contributed by atoms with Gasteiger partial charge in [-0.15, -0.1) is 0 Å². The van der Waals surface area contributed by atoms with Crippen molar-refractivity contribution in [1.29, 1.82) is 0 Å². The second-order valence-corrected chi connectivity index (χ2v) is 7.34. The summed E-state index contributed by atoms with van der Waals surface area (Å²) >= 11 is 5.70. The molecule has 1 N–H and O–H groups in total. The molecule has 0 saturated heterocycles. The van der Waals surface area contributed by atoms with Crippen molar-refractivity contribution < 1.29 is 12.8 Å². The van der Waals surface area contributed by atoms with E-state index in [0.717, 1.165) is 0 Å². The highest BCUT2D eigenvalue weighted by molar-refractivity contribution is 7.89. The second kappa shape index (κ2) is 7.30. The molecule has 2 aromatic carbocycles. The number of hydrogen-bond donors (Lipinski definition) is 1. The highest BCUT2D eigenvalue weighted by Crippen LogP contribution is 2.24. The summed E-state index contributed by atoms with van der Waals surface area (Å²) in [4.78, 5) is 3.35. The van der Waals surface area contributed by atoms with Crippen LogP contribution in [-0.2, 0) is 16.6 Å². The number of nitrogens with zero attached hydrogens (tertiary/aromatic N) is 3. The van der Waals surface area contributed by atoms with E-state index in [-0.39, 0.29) is 11.6 Å². The van der Waals surface area contributed by atoms with Crippen molar-refractivity contribution in [2.45, 2.75) is 17.5 Å². The fraction of sp³-hybridized carbons (Fsp3) is 0.125. The average Bonchev–Trinajstić information content (AvgIpc) is 3.10. The van der Waals surface area contributed by atoms with Gasteiger partial charge in [-0.1, -0.05) is 48.0 Å². The van der Waals surface area contributed by atoms with Crippen molar-refractivity contribution in [3.05, 3.63) is 77.6 Å². The molecule has 0 amide bonds. The Morgan fingerprint density at radius 3 is 2.60 bits per heavy atom. The molecule has 0 aliphatic heterocycles. The molecule has 25 heavy (non-hydrogen) atoms. The summed E-state index contributed by atoms with van der Waals surface area (Å²) in [7, 11) is -4.13. The maximum atomic E-state index is 14.1. The van der Waals surface area contributed by atoms with Crippen LogP contribution in [-0.4, -0.2) is 23.2 Å². The summed E-state index contributed by atoms with van der Waals surface area (Å²) in [6.07, 6.45) is 2.83. The number of benzene rings is 2. The van der Waals surface area contributed by atoms with Gasteiger partial charge in [0.25, 0.3) is 0 Å². The molecule has 9 heteroatoms. The monoisotopic (exact) mass is 380 g/mol. The number of hydrogen-bond acceptors (Lipinski definition) is 4. The Labute approximate surface area is 149 Å². The van der Waals surface area contributed by atoms with Crippen molar-refractivity contribution in [3.63, 3.8) is 0 Å². The molecule has 130 valence electrons. The number of aromatic nitrogens is 3. The lowest BCUT2D eigenvalue weighted by molar-refractivity contribution is 0.479. The van der Waals surface area contributed by atoms with Gasteiger partial charge in [0.15, 0.2) is 5.82 Å². The van der Waals surface area contributed by atoms with Crippen molar-refractivity contribution >= 4 is 21.6 Å². The van der Waals surface area contributed by atoms with E-state index >= 15 is 0 Å². The molecule has 1 unspecified atom stereocenters. The van der Waals surface area contributed by atoms with Gasteiger partial charge in [0.2, 0.25) is 10.0 Å². The maximum Gasteiger partial charge on any atom is 0.244 e. The van der Waals surface area contributed by atoms with Crippen LogP contribution in [0.1, 0.15) is 11.6 Å². The first-order chi connectivity index (χ1) is 12.0. The second-order valence-electron chi connectivity index (χ2n) is 5.25. The van der Waals surface area contributed by atoms with Gasteiger partial charge >= 0.3 is 0 Å². The van der Waals surface area contributed by atoms with Crippen LogP contribution in [0, 0.1) is 5.82 Å². The summed E-state index contributed by atoms with van der Waals surface area (Å²) in [6, 6.07) is 12.1. The van der Waals surface area contributed by atoms with Crippen LogP contribution in [0.25, 0.3) is 0 Å². The Bertz CT molecular complexity index is 950. The normalized spacial score (nSPS) is 12.9. The van der Waals surface area contributed by atoms with E-state index in [4.69, 9.17) is 11.6 Å². The van der Waals surface area contributed by atoms with Crippen molar-refractivity contribution in [1.82, 2.24) is 19.5 Å². The predicted octanol–water partition coefficient (Wildman–Crippen LogP) is 2.79. The van der Waals surface area contributed by atoms with Gasteiger partial charge in [-0.05, 0) is 17.7 Å². The highest BCUT2D eigenvalue weighted by Gasteiger charge is 2.25. The van der Waals surface area contributed by atoms with E-state index in [2.05, 4.69) is 14.8 Å². The van der Waals surface area contributed by atoms with Gasteiger partial charge in [0, 0.05) is 0 Å². The molecular weight excluding hydrogens is 367 g/mol. The maximum absolute atomic E-state index is 14.1. The minimum Gasteiger partial charge on any atom is -0.251 e. The summed E-state index contributed by atoms with van der Waals surface area (Å²) < 4.78 is 43.5. The number of halogens is 2. The minimum atomic E-state index is -4.13. The zero-order chi connectivity index (χ0) is 17.9. The number of rotatable bonds is 6. The molecule has 0 bridgehead atoms. The molecule has 1 atom stereocenters. The van der Waals surface area contributed by atoms with Crippen LogP contribution in [0.4, 0.5) is 4.39 Å². The van der Waals surface area contributed by atoms with E-state index in [1.54, 1.807) is 24.3 Å². The molecule has 0 aliphatic carbocycles. The zero-order valence-electron chi connectivity index (χ0n) is 12.9. The summed E-state index contributed by atoms with van der Waals surface area (Å²) in [5, 5.41) is 3.74. The third-order valence-corrected chi connectivity index (χ3v) is 5.32. The quantitative estimate of drug-likeness (QED) is 0.713. The molecule has 6 nitrogen and oxygen atoms in total. The van der Waals surface area contributed by atoms with Crippen LogP contribution >= 0.6 is 11.6 Å². The van der Waals surface area contributed by atoms with E-state index in [1.165, 1.54) is 35.5 Å². The Balaban J connectivity index is 1.95. The lowest BCUT2D eigenvalue weighted by Gasteiger charge is -2.19. The van der Waals surface area contributed by atoms with Gasteiger partial charge in [-0.2, -0.15) is 5.10 Å². The first-order valence-electron chi connectivity index (χ1n) is 7.31. The lowest BCUT2D eigenvalue weighted by atomic mass is 10.1. The molecule has 0 radical (unpaired) electrons. The van der Waals surface area contributed by atoms with Crippen LogP contribution in [0.5, 0.6) is 0 Å². The highest BCUT2D eigenvalue weighted by atomic mass is 35.5. The molecule has 0 aliphatic rings. The van der Waals surface area contributed by atoms with Crippen LogP contribution in [0.15, 0.2) is 66.1 Å². The summed E-state index contributed by atoms with van der Waals surface area (Å²) in [5.74, 6) is -0.982. The predicted molar refractivity (Wildman–Crippen MR) is 90.9 cm³/mol. The molecule has 1 heterocycles. The van der Waals surface area contributed by atoms with E-state index in [0.29, 0.717) is 5.56 Å². The third kappa shape index (κ3) is 4.04. The Kier molecular flexibility index (Phi) is 5.12. The van der Waals surface area contributed by atoms with Gasteiger partial charge in [0.1, 0.15) is 17.6 Å². The SMILES string of the molecule is O=S(=O)(NC(Cn1cncn1)c1ccccc1)c1cccc(Cl)c1F. The fourth-order valence-corrected chi connectivity index (χ4v) is 3.90. The van der Waals surface area contributed by atoms with Gasteiger partial charge in [-0.25, -0.2) is 22.5 Å². The topological polar surface area (TPSA) is 76.9 Å². The molecule has 3 rings (SSSR count). The van der Waals surface area contributed by atoms with Crippen molar-refractivity contribution in [2.75, 3.05) is 0 Å². The van der Waals surface area contributed by atoms with Crippen molar-refractivity contribution in [3.8, 4) is 0 Å². The summed E-state index contributed by atoms with van der Waals surface area (Å²) in [5.41, 5.74) is 0.712. The van der Waals surface area contributed by atoms with Crippen LogP contribution in [0.2, 0.25) is 5.02 Å². The van der Waals surface area contributed by atoms with Crippen molar-refractivity contribution in [2.24, 2.45) is 0 Å². The number of sulfonamides is 1. The standard InChI is InChI=1S/C16H14ClFN4O2S/c17-13-7-4-8-15(16(13)18)25(23,24)21-14(9-22-11-19-10-20-22)12-5-2-1-3-6-12/h1-8,10-11,14,21H,9H2. The van der Waals surface area contributed by atoms with E-state index in [1.807, 2.05) is 6.07 Å². The molecule has 1 aromatic heterocycles. The van der Waals surface area contributed by atoms with Crippen LogP contribution < -0.4 is 4.72 Å². The van der Waals surface area contributed by atoms with E-state index in [9.17, 15) is 12.8 Å². The van der Waals surface area contributed by atoms with Gasteiger partial charge < -0.3 is 0 Å². The Hall–Kier alpha value is -2.29. The Morgan fingerprint density at radius 1 is 1.16 bits per heavy atom. The lowest BCUT2D eigenvalue weighted by Crippen LogP contribution is -2.32. The molecule has 3 aromatic rings. The third-order valence-electron chi connectivity index (χ3n) is 3.54. The summed E-state index contributed by atoms with van der Waals surface area (Å²) in [6.45, 7) is 0.200. The average molecular weight is 381 g/mol. The van der Waals surface area contributed by atoms with Gasteiger partial charge in [-0.3, -0.25) is 4.68 Å². The largest absolute Gasteiger partial charge is 0.251 e. The first kappa shape index (κ1) is 17.5.